The van der Waals surface area contributed by atoms with Gasteiger partial charge in [-0.1, -0.05) is 35.9 Å². The number of carbonyl (C=O) groups excluding carboxylic acids is 1. The quantitative estimate of drug-likeness (QED) is 0.470. The van der Waals surface area contributed by atoms with Crippen molar-refractivity contribution in [3.63, 3.8) is 0 Å². The molecule has 1 amide bonds. The molecule has 1 saturated heterocycles. The van der Waals surface area contributed by atoms with Crippen molar-refractivity contribution in [2.24, 2.45) is 0 Å². The van der Waals surface area contributed by atoms with Gasteiger partial charge in [-0.3, -0.25) is 4.79 Å². The number of aliphatic hydroxyl groups is 4. The largest absolute Gasteiger partial charge is 0.460 e. The van der Waals surface area contributed by atoms with Gasteiger partial charge in [-0.15, -0.1) is 0 Å². The van der Waals surface area contributed by atoms with Crippen LogP contribution in [0.1, 0.15) is 17.3 Å². The first-order valence-electron chi connectivity index (χ1n) is 9.33. The fourth-order valence-corrected chi connectivity index (χ4v) is 3.53. The molecule has 2 aromatic rings. The van der Waals surface area contributed by atoms with E-state index >= 15 is 0 Å². The van der Waals surface area contributed by atoms with Gasteiger partial charge in [0.25, 0.3) is 5.91 Å². The van der Waals surface area contributed by atoms with Gasteiger partial charge in [-0.2, -0.15) is 0 Å². The number of benzene rings is 2. The Balaban J connectivity index is 1.89. The molecule has 0 spiro atoms. The number of rotatable bonds is 5. The Morgan fingerprint density at radius 2 is 1.90 bits per heavy atom. The molecular weight excluding hydrogens is 414 g/mol. The maximum absolute atomic E-state index is 11.7. The highest BCUT2D eigenvalue weighted by molar-refractivity contribution is 6.34. The standard InChI is InChI=1S/C21H24ClNO7/c1-21(28)18(26)17(25)15(10-24)30-20(21)29-14-5-3-4-13(16(14)22)11-6-8-12(9-7-11)19(27)23-2/h3-9,15,17-18,20,24-26,28H,10H2,1-2H3,(H,23,27)/t15-,17-,18+,20+,21+/m1/s1. The molecular formula is C21H24ClNO7. The Bertz CT molecular complexity index is 903. The highest BCUT2D eigenvalue weighted by atomic mass is 35.5. The van der Waals surface area contributed by atoms with Crippen LogP contribution in [-0.2, 0) is 4.74 Å². The van der Waals surface area contributed by atoms with Crippen LogP contribution in [0.2, 0.25) is 5.02 Å². The van der Waals surface area contributed by atoms with Gasteiger partial charge in [0.2, 0.25) is 6.29 Å². The summed E-state index contributed by atoms with van der Waals surface area (Å²) >= 11 is 6.52. The molecule has 0 bridgehead atoms. The van der Waals surface area contributed by atoms with Crippen LogP contribution in [0.25, 0.3) is 11.1 Å². The summed E-state index contributed by atoms with van der Waals surface area (Å²) < 4.78 is 11.2. The number of hydrogen-bond donors (Lipinski definition) is 5. The summed E-state index contributed by atoms with van der Waals surface area (Å²) in [6.07, 6.45) is -5.61. The maximum Gasteiger partial charge on any atom is 0.251 e. The minimum absolute atomic E-state index is 0.176. The van der Waals surface area contributed by atoms with E-state index < -0.39 is 36.8 Å². The fraction of sp³-hybridized carbons (Fsp3) is 0.381. The molecule has 1 fully saturated rings. The van der Waals surface area contributed by atoms with Gasteiger partial charge in [0, 0.05) is 18.2 Å². The summed E-state index contributed by atoms with van der Waals surface area (Å²) in [5, 5.41) is 42.9. The van der Waals surface area contributed by atoms with Gasteiger partial charge in [0.15, 0.2) is 5.60 Å². The third-order valence-corrected chi connectivity index (χ3v) is 5.53. The number of halogens is 1. The second-order valence-electron chi connectivity index (χ2n) is 7.24. The molecule has 0 aliphatic carbocycles. The molecule has 162 valence electrons. The zero-order valence-corrected chi connectivity index (χ0v) is 17.2. The van der Waals surface area contributed by atoms with E-state index in [0.29, 0.717) is 11.1 Å². The van der Waals surface area contributed by atoms with Crippen molar-refractivity contribution in [1.29, 1.82) is 0 Å². The lowest BCUT2D eigenvalue weighted by atomic mass is 9.88. The molecule has 1 heterocycles. The van der Waals surface area contributed by atoms with Crippen molar-refractivity contribution >= 4 is 17.5 Å². The summed E-state index contributed by atoms with van der Waals surface area (Å²) in [7, 11) is 1.55. The second kappa shape index (κ2) is 8.89. The molecule has 5 N–H and O–H groups in total. The van der Waals surface area contributed by atoms with E-state index in [4.69, 9.17) is 21.1 Å². The molecule has 30 heavy (non-hydrogen) atoms. The molecule has 2 aromatic carbocycles. The number of nitrogens with one attached hydrogen (secondary N) is 1. The smallest absolute Gasteiger partial charge is 0.251 e. The van der Waals surface area contributed by atoms with E-state index in [2.05, 4.69) is 5.32 Å². The van der Waals surface area contributed by atoms with E-state index in [1.54, 1.807) is 49.5 Å². The van der Waals surface area contributed by atoms with Crippen molar-refractivity contribution in [2.45, 2.75) is 37.1 Å². The van der Waals surface area contributed by atoms with E-state index in [0.717, 1.165) is 5.56 Å². The first-order chi connectivity index (χ1) is 14.2. The number of ether oxygens (including phenoxy) is 2. The minimum atomic E-state index is -1.96. The Morgan fingerprint density at radius 3 is 2.50 bits per heavy atom. The number of aliphatic hydroxyl groups excluding tert-OH is 3. The highest BCUT2D eigenvalue weighted by Crippen LogP contribution is 2.38. The van der Waals surface area contributed by atoms with Crippen LogP contribution in [0, 0.1) is 0 Å². The van der Waals surface area contributed by atoms with Crippen LogP contribution in [0.4, 0.5) is 0 Å². The molecule has 5 atom stereocenters. The van der Waals surface area contributed by atoms with E-state index in [9.17, 15) is 25.2 Å². The third-order valence-electron chi connectivity index (χ3n) is 5.14. The zero-order chi connectivity index (χ0) is 22.1. The van der Waals surface area contributed by atoms with Gasteiger partial charge >= 0.3 is 0 Å². The van der Waals surface area contributed by atoms with Crippen molar-refractivity contribution < 1.29 is 34.7 Å². The van der Waals surface area contributed by atoms with Gasteiger partial charge in [0.1, 0.15) is 24.1 Å². The summed E-state index contributed by atoms with van der Waals surface area (Å²) in [6, 6.07) is 11.8. The van der Waals surface area contributed by atoms with Crippen molar-refractivity contribution in [3.8, 4) is 16.9 Å². The average molecular weight is 438 g/mol. The van der Waals surface area contributed by atoms with Gasteiger partial charge < -0.3 is 35.2 Å². The van der Waals surface area contributed by atoms with Crippen molar-refractivity contribution in [1.82, 2.24) is 5.32 Å². The number of amides is 1. The normalized spacial score (nSPS) is 28.8. The first-order valence-corrected chi connectivity index (χ1v) is 9.71. The Kier molecular flexibility index (Phi) is 6.66. The van der Waals surface area contributed by atoms with Crippen molar-refractivity contribution in [2.75, 3.05) is 13.7 Å². The molecule has 0 unspecified atom stereocenters. The molecule has 8 nitrogen and oxygen atoms in total. The zero-order valence-electron chi connectivity index (χ0n) is 16.4. The molecule has 1 aliphatic rings. The molecule has 0 saturated carbocycles. The van der Waals surface area contributed by atoms with Crippen LogP contribution < -0.4 is 10.1 Å². The molecule has 9 heteroatoms. The molecule has 3 rings (SSSR count). The van der Waals surface area contributed by atoms with E-state index in [-0.39, 0.29) is 16.7 Å². The Hall–Kier alpha value is -2.20. The Labute approximate surface area is 178 Å². The fourth-order valence-electron chi connectivity index (χ4n) is 3.25. The number of carbonyl (C=O) groups is 1. The lowest BCUT2D eigenvalue weighted by molar-refractivity contribution is -0.314. The minimum Gasteiger partial charge on any atom is -0.460 e. The van der Waals surface area contributed by atoms with Gasteiger partial charge in [0.05, 0.1) is 11.6 Å². The predicted molar refractivity (Wildman–Crippen MR) is 109 cm³/mol. The second-order valence-corrected chi connectivity index (χ2v) is 7.62. The topological polar surface area (TPSA) is 128 Å². The average Bonchev–Trinajstić information content (AvgIpc) is 2.75. The highest BCUT2D eigenvalue weighted by Gasteiger charge is 2.53. The summed E-state index contributed by atoms with van der Waals surface area (Å²) in [6.45, 7) is 0.689. The van der Waals surface area contributed by atoms with Crippen LogP contribution in [0.5, 0.6) is 5.75 Å². The third kappa shape index (κ3) is 4.15. The lowest BCUT2D eigenvalue weighted by Crippen LogP contribution is -2.66. The van der Waals surface area contributed by atoms with Gasteiger partial charge in [-0.25, -0.2) is 0 Å². The Morgan fingerprint density at radius 1 is 1.23 bits per heavy atom. The summed E-state index contributed by atoms with van der Waals surface area (Å²) in [4.78, 5) is 11.7. The van der Waals surface area contributed by atoms with Crippen molar-refractivity contribution in [3.05, 3.63) is 53.1 Å². The van der Waals surface area contributed by atoms with E-state index in [1.807, 2.05) is 0 Å². The van der Waals surface area contributed by atoms with Crippen LogP contribution in [-0.4, -0.2) is 70.2 Å². The van der Waals surface area contributed by atoms with Crippen LogP contribution in [0.15, 0.2) is 42.5 Å². The number of hydrogen-bond acceptors (Lipinski definition) is 7. The molecule has 0 radical (unpaired) electrons. The van der Waals surface area contributed by atoms with Crippen LogP contribution >= 0.6 is 11.6 Å². The van der Waals surface area contributed by atoms with E-state index in [1.165, 1.54) is 6.92 Å². The lowest BCUT2D eigenvalue weighted by Gasteiger charge is -2.45. The van der Waals surface area contributed by atoms with Gasteiger partial charge in [-0.05, 0) is 30.7 Å². The first kappa shape index (κ1) is 22.5. The molecule has 1 aliphatic heterocycles. The monoisotopic (exact) mass is 437 g/mol. The SMILES string of the molecule is CNC(=O)c1ccc(-c2cccc(O[C@H]3O[C@H](CO)[C@@H](O)[C@H](O)[C@]3(C)O)c2Cl)cc1. The summed E-state index contributed by atoms with van der Waals surface area (Å²) in [5.41, 5.74) is -0.107. The predicted octanol–water partition coefficient (Wildman–Crippen LogP) is 0.935. The summed E-state index contributed by atoms with van der Waals surface area (Å²) in [5.74, 6) is -0.0318. The van der Waals surface area contributed by atoms with Crippen LogP contribution in [0.3, 0.4) is 0 Å². The molecule has 0 aromatic heterocycles. The maximum atomic E-state index is 11.7.